The Morgan fingerprint density at radius 2 is 2.19 bits per heavy atom. The molecule has 2 fully saturated rings. The van der Waals surface area contributed by atoms with Crippen molar-refractivity contribution >= 4 is 5.91 Å². The molecule has 0 radical (unpaired) electrons. The summed E-state index contributed by atoms with van der Waals surface area (Å²) >= 11 is 0. The summed E-state index contributed by atoms with van der Waals surface area (Å²) in [4.78, 5) is 14.4. The number of hydrogen-bond donors (Lipinski definition) is 0. The smallest absolute Gasteiger partial charge is 0.248 e. The Morgan fingerprint density at radius 1 is 1.38 bits per heavy atom. The molecule has 3 atom stereocenters. The van der Waals surface area contributed by atoms with Crippen molar-refractivity contribution in [3.05, 3.63) is 0 Å². The van der Waals surface area contributed by atoms with Gasteiger partial charge in [0.05, 0.1) is 25.4 Å². The van der Waals surface area contributed by atoms with Crippen molar-refractivity contribution in [2.75, 3.05) is 26.4 Å². The minimum absolute atomic E-state index is 0.141. The van der Waals surface area contributed by atoms with Crippen molar-refractivity contribution in [2.45, 2.75) is 65.0 Å². The minimum Gasteiger partial charge on any atom is -0.377 e. The van der Waals surface area contributed by atoms with Crippen LogP contribution in [0.15, 0.2) is 0 Å². The first-order chi connectivity index (χ1) is 10.1. The molecular weight excluding hydrogens is 266 g/mol. The summed E-state index contributed by atoms with van der Waals surface area (Å²) in [6.45, 7) is 8.93. The van der Waals surface area contributed by atoms with E-state index in [1.807, 2.05) is 4.90 Å². The van der Waals surface area contributed by atoms with E-state index in [2.05, 4.69) is 20.8 Å². The monoisotopic (exact) mass is 297 g/mol. The van der Waals surface area contributed by atoms with E-state index in [0.29, 0.717) is 25.7 Å². The van der Waals surface area contributed by atoms with Crippen LogP contribution in [0.2, 0.25) is 0 Å². The van der Waals surface area contributed by atoms with E-state index in [0.717, 1.165) is 25.2 Å². The van der Waals surface area contributed by atoms with Gasteiger partial charge in [0.15, 0.2) is 0 Å². The predicted molar refractivity (Wildman–Crippen MR) is 83.1 cm³/mol. The lowest BCUT2D eigenvalue weighted by atomic mass is 9.89. The fourth-order valence-corrected chi connectivity index (χ4v) is 3.52. The van der Waals surface area contributed by atoms with E-state index >= 15 is 0 Å². The molecule has 1 aliphatic carbocycles. The number of hydrogen-bond acceptors (Lipinski definition) is 3. The van der Waals surface area contributed by atoms with Crippen LogP contribution in [0.25, 0.3) is 0 Å². The summed E-state index contributed by atoms with van der Waals surface area (Å²) in [5, 5.41) is 0. The molecule has 4 heteroatoms. The van der Waals surface area contributed by atoms with Crippen molar-refractivity contribution in [1.82, 2.24) is 4.90 Å². The number of carbonyl (C=O) groups is 1. The summed E-state index contributed by atoms with van der Waals surface area (Å²) < 4.78 is 11.4. The average molecular weight is 297 g/mol. The fourth-order valence-electron chi connectivity index (χ4n) is 3.52. The highest BCUT2D eigenvalue weighted by Gasteiger charge is 2.28. The lowest BCUT2D eigenvalue weighted by Crippen LogP contribution is -2.50. The van der Waals surface area contributed by atoms with Crippen LogP contribution in [0.5, 0.6) is 0 Å². The zero-order valence-electron chi connectivity index (χ0n) is 13.8. The van der Waals surface area contributed by atoms with Crippen LogP contribution in [0, 0.1) is 11.8 Å². The van der Waals surface area contributed by atoms with Gasteiger partial charge in [-0.05, 0) is 31.1 Å². The van der Waals surface area contributed by atoms with Crippen LogP contribution >= 0.6 is 0 Å². The Morgan fingerprint density at radius 3 is 2.90 bits per heavy atom. The quantitative estimate of drug-likeness (QED) is 0.783. The molecule has 1 aliphatic heterocycles. The third-order valence-electron chi connectivity index (χ3n) is 4.62. The molecule has 0 N–H and O–H groups in total. The van der Waals surface area contributed by atoms with Crippen LogP contribution in [-0.2, 0) is 14.3 Å². The average Bonchev–Trinajstić information content (AvgIpc) is 2.45. The van der Waals surface area contributed by atoms with Gasteiger partial charge in [-0.15, -0.1) is 0 Å². The molecule has 3 unspecified atom stereocenters. The molecule has 21 heavy (non-hydrogen) atoms. The first-order valence-corrected chi connectivity index (χ1v) is 8.55. The van der Waals surface area contributed by atoms with Crippen LogP contribution in [-0.4, -0.2) is 49.3 Å². The lowest BCUT2D eigenvalue weighted by molar-refractivity contribution is -0.148. The number of ether oxygens (including phenoxy) is 2. The molecule has 0 aromatic heterocycles. The lowest BCUT2D eigenvalue weighted by Gasteiger charge is -2.37. The minimum atomic E-state index is 0.141. The number of morpholine rings is 1. The molecule has 122 valence electrons. The van der Waals surface area contributed by atoms with Crippen LogP contribution in [0.4, 0.5) is 0 Å². The van der Waals surface area contributed by atoms with E-state index < -0.39 is 0 Å². The summed E-state index contributed by atoms with van der Waals surface area (Å²) in [6.07, 6.45) is 6.03. The van der Waals surface area contributed by atoms with Gasteiger partial charge in [0.25, 0.3) is 0 Å². The van der Waals surface area contributed by atoms with Crippen LogP contribution in [0.1, 0.15) is 52.9 Å². The van der Waals surface area contributed by atoms with E-state index in [-0.39, 0.29) is 24.7 Å². The van der Waals surface area contributed by atoms with Gasteiger partial charge >= 0.3 is 0 Å². The predicted octanol–water partition coefficient (Wildman–Crippen LogP) is 2.86. The normalized spacial score (nSPS) is 30.7. The van der Waals surface area contributed by atoms with Gasteiger partial charge in [-0.1, -0.05) is 33.6 Å². The maximum absolute atomic E-state index is 12.5. The number of nitrogens with zero attached hydrogens (tertiary/aromatic N) is 1. The molecule has 0 spiro atoms. The molecule has 2 aliphatic rings. The third-order valence-corrected chi connectivity index (χ3v) is 4.62. The molecule has 0 bridgehead atoms. The molecule has 0 aromatic carbocycles. The Bertz CT molecular complexity index is 332. The Balaban J connectivity index is 1.80. The van der Waals surface area contributed by atoms with Gasteiger partial charge in [0.1, 0.15) is 6.61 Å². The second-order valence-electron chi connectivity index (χ2n) is 7.15. The van der Waals surface area contributed by atoms with E-state index in [4.69, 9.17) is 9.47 Å². The summed E-state index contributed by atoms with van der Waals surface area (Å²) in [6, 6.07) is 0.222. The highest BCUT2D eigenvalue weighted by atomic mass is 16.5. The first-order valence-electron chi connectivity index (χ1n) is 8.55. The Labute approximate surface area is 129 Å². The van der Waals surface area contributed by atoms with Gasteiger partial charge < -0.3 is 14.4 Å². The van der Waals surface area contributed by atoms with Crippen molar-refractivity contribution in [3.8, 4) is 0 Å². The van der Waals surface area contributed by atoms with E-state index in [9.17, 15) is 4.79 Å². The van der Waals surface area contributed by atoms with Crippen LogP contribution < -0.4 is 0 Å². The molecule has 1 amide bonds. The van der Waals surface area contributed by atoms with Gasteiger partial charge in [-0.3, -0.25) is 4.79 Å². The third kappa shape index (κ3) is 5.26. The fraction of sp³-hybridized carbons (Fsp3) is 0.941. The SMILES string of the molecule is CC(C)CC1COCCN1C(=O)COC1CCCC(C)C1. The summed E-state index contributed by atoms with van der Waals surface area (Å²) in [5.74, 6) is 1.45. The maximum Gasteiger partial charge on any atom is 0.248 e. The first kappa shape index (κ1) is 16.8. The highest BCUT2D eigenvalue weighted by Crippen LogP contribution is 2.26. The van der Waals surface area contributed by atoms with Gasteiger partial charge in [-0.2, -0.15) is 0 Å². The zero-order chi connectivity index (χ0) is 15.2. The standard InChI is InChI=1S/C17H31NO3/c1-13(2)9-15-11-20-8-7-18(15)17(19)12-21-16-6-4-5-14(3)10-16/h13-16H,4-12H2,1-3H3. The molecular formula is C17H31NO3. The van der Waals surface area contributed by atoms with Gasteiger partial charge in [0.2, 0.25) is 5.91 Å². The van der Waals surface area contributed by atoms with Crippen molar-refractivity contribution in [2.24, 2.45) is 11.8 Å². The number of amides is 1. The van der Waals surface area contributed by atoms with Crippen molar-refractivity contribution in [1.29, 1.82) is 0 Å². The molecule has 1 saturated carbocycles. The van der Waals surface area contributed by atoms with Gasteiger partial charge in [-0.25, -0.2) is 0 Å². The van der Waals surface area contributed by atoms with Crippen molar-refractivity contribution < 1.29 is 14.3 Å². The molecule has 1 heterocycles. The highest BCUT2D eigenvalue weighted by molar-refractivity contribution is 5.78. The van der Waals surface area contributed by atoms with Crippen molar-refractivity contribution in [3.63, 3.8) is 0 Å². The maximum atomic E-state index is 12.5. The summed E-state index contributed by atoms with van der Waals surface area (Å²) in [5.41, 5.74) is 0. The Kier molecular flexibility index (Phi) is 6.49. The molecule has 0 aromatic rings. The second-order valence-corrected chi connectivity index (χ2v) is 7.15. The second kappa shape index (κ2) is 8.14. The Hall–Kier alpha value is -0.610. The van der Waals surface area contributed by atoms with E-state index in [1.54, 1.807) is 0 Å². The van der Waals surface area contributed by atoms with Gasteiger partial charge in [0, 0.05) is 6.54 Å². The topological polar surface area (TPSA) is 38.8 Å². The van der Waals surface area contributed by atoms with E-state index in [1.165, 1.54) is 12.8 Å². The molecule has 1 saturated heterocycles. The summed E-state index contributed by atoms with van der Waals surface area (Å²) in [7, 11) is 0. The van der Waals surface area contributed by atoms with Crippen LogP contribution in [0.3, 0.4) is 0 Å². The zero-order valence-corrected chi connectivity index (χ0v) is 13.8. The number of rotatable bonds is 5. The molecule has 2 rings (SSSR count). The number of carbonyl (C=O) groups excluding carboxylic acids is 1. The largest absolute Gasteiger partial charge is 0.377 e. The molecule has 4 nitrogen and oxygen atoms in total.